The second kappa shape index (κ2) is 4.89. The Labute approximate surface area is 92.1 Å². The zero-order valence-electron chi connectivity index (χ0n) is 8.30. The van der Waals surface area contributed by atoms with Crippen LogP contribution in [0.5, 0.6) is 0 Å². The van der Waals surface area contributed by atoms with Crippen molar-refractivity contribution in [3.8, 4) is 0 Å². The molecule has 0 aromatic heterocycles. The molecule has 1 aromatic rings. The lowest BCUT2D eigenvalue weighted by molar-refractivity contribution is 0.135. The molecule has 1 nitrogen and oxygen atoms in total. The van der Waals surface area contributed by atoms with Gasteiger partial charge in [-0.25, -0.2) is 4.39 Å². The highest BCUT2D eigenvalue weighted by Gasteiger charge is 2.10. The minimum atomic E-state index is -0.364. The fraction of sp³-hybridized carbons (Fsp3) is 0.455. The van der Waals surface area contributed by atoms with Gasteiger partial charge in [-0.05, 0) is 43.0 Å². The number of aliphatic hydroxyl groups excluding tert-OH is 1. The van der Waals surface area contributed by atoms with Crippen molar-refractivity contribution < 1.29 is 9.50 Å². The first kappa shape index (κ1) is 11.7. The quantitative estimate of drug-likeness (QED) is 0.886. The molecule has 1 aromatic carbocycles. The first-order valence-electron chi connectivity index (χ1n) is 4.62. The van der Waals surface area contributed by atoms with Gasteiger partial charge in [0.25, 0.3) is 0 Å². The van der Waals surface area contributed by atoms with Gasteiger partial charge in [0.05, 0.1) is 6.10 Å². The van der Waals surface area contributed by atoms with Gasteiger partial charge in [0, 0.05) is 4.47 Å². The van der Waals surface area contributed by atoms with Crippen molar-refractivity contribution in [1.29, 1.82) is 0 Å². The summed E-state index contributed by atoms with van der Waals surface area (Å²) in [6.45, 7) is 3.70. The average molecular weight is 261 g/mol. The van der Waals surface area contributed by atoms with Crippen LogP contribution in [0.25, 0.3) is 0 Å². The van der Waals surface area contributed by atoms with E-state index in [0.717, 1.165) is 10.0 Å². The van der Waals surface area contributed by atoms with Crippen LogP contribution in [0.1, 0.15) is 19.4 Å². The summed E-state index contributed by atoms with van der Waals surface area (Å²) in [6.07, 6.45) is 0.325. The average Bonchev–Trinajstić information content (AvgIpc) is 2.01. The topological polar surface area (TPSA) is 20.2 Å². The monoisotopic (exact) mass is 260 g/mol. The lowest BCUT2D eigenvalue weighted by Crippen LogP contribution is -2.15. The summed E-state index contributed by atoms with van der Waals surface area (Å²) in [5.41, 5.74) is 0.908. The van der Waals surface area contributed by atoms with Gasteiger partial charge in [-0.2, -0.15) is 0 Å². The van der Waals surface area contributed by atoms with Crippen molar-refractivity contribution >= 4 is 15.9 Å². The minimum absolute atomic E-state index is 0.142. The van der Waals surface area contributed by atoms with Crippen molar-refractivity contribution in [2.24, 2.45) is 5.92 Å². The van der Waals surface area contributed by atoms with E-state index in [9.17, 15) is 9.50 Å². The predicted molar refractivity (Wildman–Crippen MR) is 58.6 cm³/mol. The van der Waals surface area contributed by atoms with Crippen LogP contribution in [-0.4, -0.2) is 11.2 Å². The highest BCUT2D eigenvalue weighted by atomic mass is 79.9. The molecule has 3 heteroatoms. The van der Waals surface area contributed by atoms with Gasteiger partial charge in [0.15, 0.2) is 0 Å². The molecule has 0 aliphatic heterocycles. The standard InChI is InChI=1S/C11H14BrFO/c1-7(8(2)14)3-9-4-10(12)6-11(13)5-9/h4-8,14H,3H2,1-2H3. The van der Waals surface area contributed by atoms with E-state index < -0.39 is 0 Å². The third-order valence-electron chi connectivity index (χ3n) is 2.30. The van der Waals surface area contributed by atoms with Crippen molar-refractivity contribution in [1.82, 2.24) is 0 Å². The van der Waals surface area contributed by atoms with Crippen LogP contribution in [0.2, 0.25) is 0 Å². The van der Waals surface area contributed by atoms with Crippen LogP contribution in [0.3, 0.4) is 0 Å². The molecule has 2 unspecified atom stereocenters. The third kappa shape index (κ3) is 3.39. The van der Waals surface area contributed by atoms with Gasteiger partial charge in [-0.15, -0.1) is 0 Å². The molecule has 0 aliphatic rings. The number of halogens is 2. The number of benzene rings is 1. The van der Waals surface area contributed by atoms with Crippen LogP contribution in [-0.2, 0) is 6.42 Å². The Balaban J connectivity index is 2.76. The van der Waals surface area contributed by atoms with E-state index in [1.807, 2.05) is 13.0 Å². The van der Waals surface area contributed by atoms with Crippen LogP contribution in [0.15, 0.2) is 22.7 Å². The van der Waals surface area contributed by atoms with Gasteiger partial charge >= 0.3 is 0 Å². The minimum Gasteiger partial charge on any atom is -0.393 e. The molecule has 0 saturated heterocycles. The van der Waals surface area contributed by atoms with Gasteiger partial charge in [-0.3, -0.25) is 0 Å². The SMILES string of the molecule is CC(O)C(C)Cc1cc(F)cc(Br)c1. The molecular formula is C11H14BrFO. The second-order valence-corrected chi connectivity index (χ2v) is 4.62. The van der Waals surface area contributed by atoms with E-state index in [1.54, 1.807) is 6.92 Å². The molecule has 0 radical (unpaired) electrons. The van der Waals surface area contributed by atoms with E-state index in [0.29, 0.717) is 6.42 Å². The molecule has 1 rings (SSSR count). The number of hydrogen-bond acceptors (Lipinski definition) is 1. The second-order valence-electron chi connectivity index (χ2n) is 3.70. The smallest absolute Gasteiger partial charge is 0.124 e. The maximum Gasteiger partial charge on any atom is 0.124 e. The summed E-state index contributed by atoms with van der Waals surface area (Å²) >= 11 is 3.24. The molecule has 0 saturated carbocycles. The Kier molecular flexibility index (Phi) is 4.08. The molecule has 2 atom stereocenters. The van der Waals surface area contributed by atoms with Crippen molar-refractivity contribution in [2.45, 2.75) is 26.4 Å². The van der Waals surface area contributed by atoms with Crippen LogP contribution in [0, 0.1) is 11.7 Å². The maximum absolute atomic E-state index is 13.0. The fourth-order valence-electron chi connectivity index (χ4n) is 1.27. The van der Waals surface area contributed by atoms with Crippen molar-refractivity contribution in [2.75, 3.05) is 0 Å². The molecular weight excluding hydrogens is 247 g/mol. The summed E-state index contributed by atoms with van der Waals surface area (Å²) in [7, 11) is 0. The van der Waals surface area contributed by atoms with E-state index in [4.69, 9.17) is 0 Å². The van der Waals surface area contributed by atoms with Crippen molar-refractivity contribution in [3.63, 3.8) is 0 Å². The normalized spacial score (nSPS) is 15.2. The summed E-state index contributed by atoms with van der Waals surface area (Å²) in [5.74, 6) is -0.101. The summed E-state index contributed by atoms with van der Waals surface area (Å²) in [5, 5.41) is 9.32. The molecule has 78 valence electrons. The van der Waals surface area contributed by atoms with Gasteiger partial charge in [0.2, 0.25) is 0 Å². The first-order valence-corrected chi connectivity index (χ1v) is 5.41. The zero-order valence-corrected chi connectivity index (χ0v) is 9.88. The molecule has 0 amide bonds. The van der Waals surface area contributed by atoms with Gasteiger partial charge in [-0.1, -0.05) is 22.9 Å². The molecule has 1 N–H and O–H groups in total. The Morgan fingerprint density at radius 2 is 2.00 bits per heavy atom. The Morgan fingerprint density at radius 3 is 2.50 bits per heavy atom. The van der Waals surface area contributed by atoms with E-state index in [1.165, 1.54) is 12.1 Å². The number of rotatable bonds is 3. The number of aliphatic hydroxyl groups is 1. The molecule has 0 aliphatic carbocycles. The van der Waals surface area contributed by atoms with Crippen LogP contribution >= 0.6 is 15.9 Å². The number of hydrogen-bond donors (Lipinski definition) is 1. The summed E-state index contributed by atoms with van der Waals surface area (Å²) < 4.78 is 13.7. The lowest BCUT2D eigenvalue weighted by Gasteiger charge is -2.14. The van der Waals surface area contributed by atoms with Crippen molar-refractivity contribution in [3.05, 3.63) is 34.1 Å². The van der Waals surface area contributed by atoms with E-state index in [2.05, 4.69) is 15.9 Å². The Hall–Kier alpha value is -0.410. The molecule has 0 spiro atoms. The summed E-state index contributed by atoms with van der Waals surface area (Å²) in [4.78, 5) is 0. The van der Waals surface area contributed by atoms with E-state index >= 15 is 0 Å². The molecule has 0 bridgehead atoms. The maximum atomic E-state index is 13.0. The molecule has 0 heterocycles. The first-order chi connectivity index (χ1) is 6.49. The highest BCUT2D eigenvalue weighted by molar-refractivity contribution is 9.10. The zero-order chi connectivity index (χ0) is 10.7. The Bertz CT molecular complexity index is 292. The highest BCUT2D eigenvalue weighted by Crippen LogP contribution is 2.18. The largest absolute Gasteiger partial charge is 0.393 e. The predicted octanol–water partition coefficient (Wildman–Crippen LogP) is 3.15. The van der Waals surface area contributed by atoms with Crippen LogP contribution < -0.4 is 0 Å². The summed E-state index contributed by atoms with van der Waals surface area (Å²) in [6, 6.07) is 4.81. The van der Waals surface area contributed by atoms with E-state index in [-0.39, 0.29) is 17.8 Å². The van der Waals surface area contributed by atoms with Gasteiger partial charge in [0.1, 0.15) is 5.82 Å². The lowest BCUT2D eigenvalue weighted by atomic mass is 9.97. The third-order valence-corrected chi connectivity index (χ3v) is 2.76. The Morgan fingerprint density at radius 1 is 1.36 bits per heavy atom. The van der Waals surface area contributed by atoms with Gasteiger partial charge < -0.3 is 5.11 Å². The van der Waals surface area contributed by atoms with Crippen LogP contribution in [0.4, 0.5) is 4.39 Å². The molecule has 14 heavy (non-hydrogen) atoms. The fourth-order valence-corrected chi connectivity index (χ4v) is 1.78. The molecule has 0 fully saturated rings.